The van der Waals surface area contributed by atoms with Crippen molar-refractivity contribution < 1.29 is 14.3 Å². The summed E-state index contributed by atoms with van der Waals surface area (Å²) in [6, 6.07) is 10.5. The lowest BCUT2D eigenvalue weighted by atomic mass is 10.0. The van der Waals surface area contributed by atoms with Gasteiger partial charge in [-0.1, -0.05) is 48.5 Å². The van der Waals surface area contributed by atoms with Crippen LogP contribution in [-0.2, 0) is 4.79 Å². The Balaban J connectivity index is 1.93. The van der Waals surface area contributed by atoms with Crippen LogP contribution < -0.4 is 25.5 Å². The summed E-state index contributed by atoms with van der Waals surface area (Å²) < 4.78 is 12.4. The van der Waals surface area contributed by atoms with Crippen LogP contribution in [0.3, 0.4) is 0 Å². The maximum absolute atomic E-state index is 11.5. The number of aromatic nitrogens is 2. The van der Waals surface area contributed by atoms with Gasteiger partial charge >= 0.3 is 0 Å². The third-order valence-corrected chi connectivity index (χ3v) is 6.04. The summed E-state index contributed by atoms with van der Waals surface area (Å²) in [7, 11) is 3.00. The number of pyridine rings is 1. The second-order valence-corrected chi connectivity index (χ2v) is 8.06. The van der Waals surface area contributed by atoms with Gasteiger partial charge in [0.15, 0.2) is 0 Å². The van der Waals surface area contributed by atoms with E-state index >= 15 is 0 Å². The highest BCUT2D eigenvalue weighted by Crippen LogP contribution is 2.46. The standard InChI is InChI=1S/C25H20Cl2N4O3/c1-5-20(32)29-15-8-6-14(7-9-15)17-12-31-24(28)13(2)10-16(25(31)30-17)21-22(26)18(33-3)11-19(34-4)23(21)27/h5-12,28H,1-2H2,3-4H3,(H,29,32). The molecule has 2 aromatic carbocycles. The maximum atomic E-state index is 11.5. The monoisotopic (exact) mass is 494 g/mol. The number of ether oxygens (including phenoxy) is 2. The van der Waals surface area contributed by atoms with Crippen molar-refractivity contribution in [1.82, 2.24) is 9.38 Å². The Morgan fingerprint density at radius 2 is 1.74 bits per heavy atom. The first-order valence-corrected chi connectivity index (χ1v) is 10.8. The van der Waals surface area contributed by atoms with E-state index in [1.807, 2.05) is 12.1 Å². The van der Waals surface area contributed by atoms with Crippen LogP contribution in [0.25, 0.3) is 34.6 Å². The molecule has 0 radical (unpaired) electrons. The molecule has 0 saturated heterocycles. The molecule has 0 spiro atoms. The number of imidazole rings is 1. The third-order valence-electron chi connectivity index (χ3n) is 5.29. The molecule has 0 aliphatic heterocycles. The summed E-state index contributed by atoms with van der Waals surface area (Å²) in [5.41, 5.74) is 3.72. The number of benzene rings is 2. The van der Waals surface area contributed by atoms with E-state index in [-0.39, 0.29) is 11.4 Å². The zero-order chi connectivity index (χ0) is 24.6. The number of anilines is 1. The normalized spacial score (nSPS) is 10.8. The Kier molecular flexibility index (Phi) is 6.32. The van der Waals surface area contributed by atoms with Crippen LogP contribution in [0.2, 0.25) is 10.0 Å². The lowest BCUT2D eigenvalue weighted by molar-refractivity contribution is -0.111. The molecule has 2 heterocycles. The predicted molar refractivity (Wildman–Crippen MR) is 135 cm³/mol. The Hall–Kier alpha value is -3.81. The molecule has 0 atom stereocenters. The largest absolute Gasteiger partial charge is 0.495 e. The van der Waals surface area contributed by atoms with Crippen LogP contribution in [-0.4, -0.2) is 29.5 Å². The third kappa shape index (κ3) is 4.00. The van der Waals surface area contributed by atoms with Crippen molar-refractivity contribution in [3.05, 3.63) is 76.0 Å². The quantitative estimate of drug-likeness (QED) is 0.379. The Morgan fingerprint density at radius 1 is 1.12 bits per heavy atom. The van der Waals surface area contributed by atoms with E-state index in [2.05, 4.69) is 18.5 Å². The fourth-order valence-corrected chi connectivity index (χ4v) is 4.27. The van der Waals surface area contributed by atoms with Crippen molar-refractivity contribution in [3.63, 3.8) is 0 Å². The Morgan fingerprint density at radius 3 is 2.29 bits per heavy atom. The molecular formula is C25H20Cl2N4O3. The molecule has 0 bridgehead atoms. The first kappa shape index (κ1) is 23.4. The molecular weight excluding hydrogens is 475 g/mol. The van der Waals surface area contributed by atoms with E-state index in [4.69, 9.17) is 43.1 Å². The van der Waals surface area contributed by atoms with Crippen molar-refractivity contribution in [2.75, 3.05) is 19.5 Å². The molecule has 4 rings (SSSR count). The van der Waals surface area contributed by atoms with Gasteiger partial charge in [0.2, 0.25) is 5.91 Å². The number of hydrogen-bond acceptors (Lipinski definition) is 5. The second kappa shape index (κ2) is 9.21. The van der Waals surface area contributed by atoms with E-state index in [9.17, 15) is 4.79 Å². The Bertz CT molecular complexity index is 1520. The highest BCUT2D eigenvalue weighted by atomic mass is 35.5. The van der Waals surface area contributed by atoms with Crippen molar-refractivity contribution in [1.29, 1.82) is 5.41 Å². The van der Waals surface area contributed by atoms with Gasteiger partial charge in [-0.3, -0.25) is 14.6 Å². The van der Waals surface area contributed by atoms with Gasteiger partial charge < -0.3 is 14.8 Å². The van der Waals surface area contributed by atoms with Gasteiger partial charge in [0.05, 0.1) is 30.0 Å². The molecule has 0 fully saturated rings. The minimum Gasteiger partial charge on any atom is -0.495 e. The van der Waals surface area contributed by atoms with Crippen LogP contribution in [0.5, 0.6) is 11.5 Å². The molecule has 7 nitrogen and oxygen atoms in total. The summed E-state index contributed by atoms with van der Waals surface area (Å²) in [6.07, 6.45) is 2.94. The highest BCUT2D eigenvalue weighted by molar-refractivity contribution is 6.41. The van der Waals surface area contributed by atoms with E-state index in [1.54, 1.807) is 34.9 Å². The van der Waals surface area contributed by atoms with Gasteiger partial charge in [0, 0.05) is 39.9 Å². The highest BCUT2D eigenvalue weighted by Gasteiger charge is 2.22. The number of nitrogens with one attached hydrogen (secondary N) is 2. The lowest BCUT2D eigenvalue weighted by Crippen LogP contribution is -2.29. The van der Waals surface area contributed by atoms with Crippen LogP contribution in [0, 0.1) is 5.41 Å². The number of carbonyl (C=O) groups is 1. The summed E-state index contributed by atoms with van der Waals surface area (Å²) in [6.45, 7) is 7.44. The van der Waals surface area contributed by atoms with E-state index < -0.39 is 0 Å². The molecule has 0 aliphatic rings. The Labute approximate surface area is 205 Å². The SMILES string of the molecule is C=CC(=O)Nc1ccc(-c2cn3c(=N)c(=C)cc(-c4c(Cl)c(OC)cc(OC)c4Cl)c3n2)cc1. The minimum absolute atomic E-state index is 0.175. The minimum atomic E-state index is -0.297. The number of rotatable bonds is 6. The molecule has 0 saturated carbocycles. The van der Waals surface area contributed by atoms with Gasteiger partial charge in [-0.05, 0) is 24.3 Å². The topological polar surface area (TPSA) is 88.7 Å². The summed E-state index contributed by atoms with van der Waals surface area (Å²) >= 11 is 13.3. The maximum Gasteiger partial charge on any atom is 0.247 e. The van der Waals surface area contributed by atoms with Gasteiger partial charge in [-0.25, -0.2) is 4.98 Å². The van der Waals surface area contributed by atoms with E-state index in [0.717, 1.165) is 5.56 Å². The number of amides is 1. The van der Waals surface area contributed by atoms with Crippen molar-refractivity contribution in [2.45, 2.75) is 0 Å². The molecule has 1 amide bonds. The van der Waals surface area contributed by atoms with Gasteiger partial charge in [-0.2, -0.15) is 0 Å². The summed E-state index contributed by atoms with van der Waals surface area (Å²) in [4.78, 5) is 16.3. The van der Waals surface area contributed by atoms with Crippen molar-refractivity contribution in [3.8, 4) is 33.9 Å². The fraction of sp³-hybridized carbons (Fsp3) is 0.0800. The van der Waals surface area contributed by atoms with Gasteiger partial charge in [0.1, 0.15) is 22.6 Å². The average molecular weight is 495 g/mol. The number of halogens is 2. The predicted octanol–water partition coefficient (Wildman–Crippen LogP) is 4.73. The first-order valence-electron chi connectivity index (χ1n) is 10.0. The molecule has 0 unspecified atom stereocenters. The second-order valence-electron chi connectivity index (χ2n) is 7.31. The van der Waals surface area contributed by atoms with Gasteiger partial charge in [0.25, 0.3) is 0 Å². The fourth-order valence-electron chi connectivity index (χ4n) is 3.57. The average Bonchev–Trinajstić information content (AvgIpc) is 3.28. The molecule has 9 heteroatoms. The molecule has 172 valence electrons. The smallest absolute Gasteiger partial charge is 0.247 e. The van der Waals surface area contributed by atoms with Crippen LogP contribution in [0.15, 0.2) is 55.3 Å². The van der Waals surface area contributed by atoms with Crippen LogP contribution in [0.1, 0.15) is 0 Å². The van der Waals surface area contributed by atoms with Crippen LogP contribution >= 0.6 is 23.2 Å². The lowest BCUT2D eigenvalue weighted by Gasteiger charge is -2.15. The van der Waals surface area contributed by atoms with E-state index in [1.165, 1.54) is 20.3 Å². The van der Waals surface area contributed by atoms with E-state index in [0.29, 0.717) is 54.9 Å². The number of nitrogens with zero attached hydrogens (tertiary/aromatic N) is 2. The zero-order valence-corrected chi connectivity index (χ0v) is 19.9. The number of carbonyl (C=O) groups excluding carboxylic acids is 1. The summed E-state index contributed by atoms with van der Waals surface area (Å²) in [5.74, 6) is 0.482. The van der Waals surface area contributed by atoms with Crippen molar-refractivity contribution in [2.24, 2.45) is 0 Å². The molecule has 34 heavy (non-hydrogen) atoms. The van der Waals surface area contributed by atoms with Crippen molar-refractivity contribution >= 4 is 47.0 Å². The molecule has 0 aliphatic carbocycles. The number of hydrogen-bond donors (Lipinski definition) is 2. The number of fused-ring (bicyclic) bond motifs is 1. The number of methoxy groups -OCH3 is 2. The van der Waals surface area contributed by atoms with Crippen LogP contribution in [0.4, 0.5) is 5.69 Å². The molecule has 4 aromatic rings. The molecule has 2 aromatic heterocycles. The summed E-state index contributed by atoms with van der Waals surface area (Å²) in [5, 5.41) is 12.3. The van der Waals surface area contributed by atoms with Gasteiger partial charge in [-0.15, -0.1) is 0 Å². The zero-order valence-electron chi connectivity index (χ0n) is 18.4. The first-order chi connectivity index (χ1) is 16.3. The molecule has 2 N–H and O–H groups in total.